The summed E-state index contributed by atoms with van der Waals surface area (Å²) in [4.78, 5) is 2.28. The molecule has 19 heavy (non-hydrogen) atoms. The van der Waals surface area contributed by atoms with Gasteiger partial charge in [-0.3, -0.25) is 0 Å². The number of rotatable bonds is 4. The SMILES string of the molecule is COc1cc(Br)c(CCN2CCNCC2)c(F)c1O. The predicted octanol–water partition coefficient (Wildman–Crippen LogP) is 1.75. The minimum absolute atomic E-state index is 0.148. The van der Waals surface area contributed by atoms with E-state index in [4.69, 9.17) is 4.74 Å². The van der Waals surface area contributed by atoms with Crippen molar-refractivity contribution in [3.63, 3.8) is 0 Å². The number of phenolic OH excluding ortho intramolecular Hbond substituents is 1. The number of hydrogen-bond donors (Lipinski definition) is 2. The van der Waals surface area contributed by atoms with Crippen LogP contribution in [0.25, 0.3) is 0 Å². The van der Waals surface area contributed by atoms with Gasteiger partial charge in [0.25, 0.3) is 0 Å². The van der Waals surface area contributed by atoms with E-state index in [2.05, 4.69) is 26.1 Å². The summed E-state index contributed by atoms with van der Waals surface area (Å²) in [6, 6.07) is 1.60. The minimum Gasteiger partial charge on any atom is -0.502 e. The van der Waals surface area contributed by atoms with Crippen molar-refractivity contribution in [1.29, 1.82) is 0 Å². The lowest BCUT2D eigenvalue weighted by Crippen LogP contribution is -2.44. The average molecular weight is 333 g/mol. The second-order valence-corrected chi connectivity index (χ2v) is 5.40. The molecular formula is C13H18BrFN2O2. The third kappa shape index (κ3) is 3.38. The molecule has 1 aromatic rings. The van der Waals surface area contributed by atoms with Gasteiger partial charge in [-0.15, -0.1) is 0 Å². The zero-order valence-corrected chi connectivity index (χ0v) is 12.5. The van der Waals surface area contributed by atoms with E-state index in [0.717, 1.165) is 32.7 Å². The molecule has 1 fully saturated rings. The van der Waals surface area contributed by atoms with Crippen LogP contribution in [-0.2, 0) is 6.42 Å². The largest absolute Gasteiger partial charge is 0.502 e. The average Bonchev–Trinajstić information content (AvgIpc) is 2.44. The molecule has 0 aromatic heterocycles. The standard InChI is InChI=1S/C13H18BrFN2O2/c1-19-11-8-10(14)9(12(15)13(11)18)2-5-17-6-3-16-4-7-17/h8,16,18H,2-7H2,1H3. The first kappa shape index (κ1) is 14.6. The van der Waals surface area contributed by atoms with E-state index in [1.807, 2.05) is 0 Å². The van der Waals surface area contributed by atoms with Crippen LogP contribution in [0.5, 0.6) is 11.5 Å². The van der Waals surface area contributed by atoms with Gasteiger partial charge in [0.05, 0.1) is 7.11 Å². The van der Waals surface area contributed by atoms with E-state index >= 15 is 0 Å². The molecule has 106 valence electrons. The van der Waals surface area contributed by atoms with Crippen molar-refractivity contribution in [3.8, 4) is 11.5 Å². The van der Waals surface area contributed by atoms with Gasteiger partial charge in [-0.2, -0.15) is 0 Å². The van der Waals surface area contributed by atoms with Gasteiger partial charge in [0, 0.05) is 42.8 Å². The highest BCUT2D eigenvalue weighted by molar-refractivity contribution is 9.10. The molecule has 0 unspecified atom stereocenters. The zero-order valence-electron chi connectivity index (χ0n) is 10.9. The molecule has 1 aliphatic heterocycles. The predicted molar refractivity (Wildman–Crippen MR) is 75.3 cm³/mol. The Morgan fingerprint density at radius 2 is 2.16 bits per heavy atom. The second-order valence-electron chi connectivity index (χ2n) is 4.54. The molecule has 6 heteroatoms. The van der Waals surface area contributed by atoms with Crippen LogP contribution >= 0.6 is 15.9 Å². The van der Waals surface area contributed by atoms with Crippen LogP contribution < -0.4 is 10.1 Å². The van der Waals surface area contributed by atoms with Gasteiger partial charge in [-0.05, 0) is 12.5 Å². The highest BCUT2D eigenvalue weighted by atomic mass is 79.9. The molecule has 0 saturated carbocycles. The maximum atomic E-state index is 14.1. The van der Waals surface area contributed by atoms with Gasteiger partial charge in [0.15, 0.2) is 17.3 Å². The summed E-state index contributed by atoms with van der Waals surface area (Å²) >= 11 is 3.34. The first-order valence-electron chi connectivity index (χ1n) is 6.30. The Hall–Kier alpha value is -0.850. The third-order valence-corrected chi connectivity index (χ3v) is 4.07. The highest BCUT2D eigenvalue weighted by Gasteiger charge is 2.18. The highest BCUT2D eigenvalue weighted by Crippen LogP contribution is 2.36. The normalized spacial score (nSPS) is 16.6. The van der Waals surface area contributed by atoms with E-state index in [-0.39, 0.29) is 5.75 Å². The molecule has 0 spiro atoms. The van der Waals surface area contributed by atoms with Crippen LogP contribution in [0.2, 0.25) is 0 Å². The molecule has 0 amide bonds. The first-order chi connectivity index (χ1) is 9.13. The lowest BCUT2D eigenvalue weighted by atomic mass is 10.1. The molecule has 0 aliphatic carbocycles. The summed E-state index contributed by atoms with van der Waals surface area (Å²) in [5.74, 6) is -0.863. The van der Waals surface area contributed by atoms with E-state index in [0.29, 0.717) is 16.5 Å². The van der Waals surface area contributed by atoms with Crippen LogP contribution in [0.1, 0.15) is 5.56 Å². The molecule has 0 atom stereocenters. The first-order valence-corrected chi connectivity index (χ1v) is 7.09. The van der Waals surface area contributed by atoms with Crippen molar-refractivity contribution >= 4 is 15.9 Å². The molecule has 1 saturated heterocycles. The molecule has 4 nitrogen and oxygen atoms in total. The fraction of sp³-hybridized carbons (Fsp3) is 0.538. The number of methoxy groups -OCH3 is 1. The van der Waals surface area contributed by atoms with Crippen LogP contribution in [-0.4, -0.2) is 49.8 Å². The maximum Gasteiger partial charge on any atom is 0.194 e. The molecule has 2 rings (SSSR count). The number of benzene rings is 1. The summed E-state index contributed by atoms with van der Waals surface area (Å²) in [5.41, 5.74) is 0.497. The van der Waals surface area contributed by atoms with Crippen molar-refractivity contribution < 1.29 is 14.2 Å². The monoisotopic (exact) mass is 332 g/mol. The van der Waals surface area contributed by atoms with Crippen molar-refractivity contribution in [2.24, 2.45) is 0 Å². The minimum atomic E-state index is -0.596. The number of nitrogens with one attached hydrogen (secondary N) is 1. The van der Waals surface area contributed by atoms with Gasteiger partial charge in [-0.1, -0.05) is 15.9 Å². The Balaban J connectivity index is 2.09. The Kier molecular flexibility index (Phi) is 5.01. The van der Waals surface area contributed by atoms with E-state index in [1.165, 1.54) is 7.11 Å². The Morgan fingerprint density at radius 3 is 2.79 bits per heavy atom. The van der Waals surface area contributed by atoms with Gasteiger partial charge >= 0.3 is 0 Å². The number of phenols is 1. The van der Waals surface area contributed by atoms with Gasteiger partial charge in [-0.25, -0.2) is 4.39 Å². The van der Waals surface area contributed by atoms with Crippen LogP contribution in [0, 0.1) is 5.82 Å². The van der Waals surface area contributed by atoms with E-state index in [9.17, 15) is 9.50 Å². The molecule has 2 N–H and O–H groups in total. The Bertz CT molecular complexity index is 451. The number of ether oxygens (including phenoxy) is 1. The van der Waals surface area contributed by atoms with Gasteiger partial charge in [0.1, 0.15) is 0 Å². The van der Waals surface area contributed by atoms with Crippen molar-refractivity contribution in [3.05, 3.63) is 21.9 Å². The van der Waals surface area contributed by atoms with Crippen molar-refractivity contribution in [2.45, 2.75) is 6.42 Å². The number of aromatic hydroxyl groups is 1. The molecule has 1 aliphatic rings. The number of hydrogen-bond acceptors (Lipinski definition) is 4. The summed E-state index contributed by atoms with van der Waals surface area (Å²) in [6.45, 7) is 4.67. The lowest BCUT2D eigenvalue weighted by Gasteiger charge is -2.27. The molecule has 1 heterocycles. The molecule has 0 bridgehead atoms. The van der Waals surface area contributed by atoms with Gasteiger partial charge < -0.3 is 20.1 Å². The van der Waals surface area contributed by atoms with Crippen molar-refractivity contribution in [2.75, 3.05) is 39.8 Å². The van der Waals surface area contributed by atoms with Crippen LogP contribution in [0.3, 0.4) is 0 Å². The quantitative estimate of drug-likeness (QED) is 0.881. The lowest BCUT2D eigenvalue weighted by molar-refractivity contribution is 0.242. The van der Waals surface area contributed by atoms with E-state index < -0.39 is 11.6 Å². The summed E-state index contributed by atoms with van der Waals surface area (Å²) < 4.78 is 19.6. The fourth-order valence-corrected chi connectivity index (χ4v) is 2.80. The third-order valence-electron chi connectivity index (χ3n) is 3.36. The summed E-state index contributed by atoms with van der Waals surface area (Å²) in [7, 11) is 1.40. The van der Waals surface area contributed by atoms with Gasteiger partial charge in [0.2, 0.25) is 0 Å². The number of halogens is 2. The molecule has 1 aromatic carbocycles. The van der Waals surface area contributed by atoms with Crippen molar-refractivity contribution in [1.82, 2.24) is 10.2 Å². The molecular weight excluding hydrogens is 315 g/mol. The Morgan fingerprint density at radius 1 is 1.47 bits per heavy atom. The van der Waals surface area contributed by atoms with E-state index in [1.54, 1.807) is 6.07 Å². The Labute approximate surface area is 120 Å². The fourth-order valence-electron chi connectivity index (χ4n) is 2.22. The summed E-state index contributed by atoms with van der Waals surface area (Å²) in [6.07, 6.45) is 0.559. The smallest absolute Gasteiger partial charge is 0.194 e. The van der Waals surface area contributed by atoms with Crippen LogP contribution in [0.4, 0.5) is 4.39 Å². The topological polar surface area (TPSA) is 44.7 Å². The second kappa shape index (κ2) is 6.54. The number of nitrogens with zero attached hydrogens (tertiary/aromatic N) is 1. The summed E-state index contributed by atoms with van der Waals surface area (Å²) in [5, 5.41) is 13.0. The number of piperazine rings is 1. The maximum absolute atomic E-state index is 14.1. The van der Waals surface area contributed by atoms with Crippen LogP contribution in [0.15, 0.2) is 10.5 Å². The molecule has 0 radical (unpaired) electrons. The zero-order chi connectivity index (χ0) is 13.8.